The van der Waals surface area contributed by atoms with Gasteiger partial charge in [0, 0.05) is 6.42 Å². The molecule has 33 heavy (non-hydrogen) atoms. The van der Waals surface area contributed by atoms with Gasteiger partial charge in [-0.1, -0.05) is 129 Å². The Hall–Kier alpha value is -0.830. The topological polar surface area (TPSA) is 46.5 Å². The molecule has 0 heterocycles. The number of carbonyl (C=O) groups excluding carboxylic acids is 1. The molecule has 0 spiro atoms. The molecule has 3 nitrogen and oxygen atoms in total. The van der Waals surface area contributed by atoms with E-state index < -0.39 is 0 Å². The van der Waals surface area contributed by atoms with Crippen molar-refractivity contribution in [3.05, 3.63) is 12.2 Å². The van der Waals surface area contributed by atoms with Crippen LogP contribution in [0, 0.1) is 0 Å². The van der Waals surface area contributed by atoms with E-state index in [0.29, 0.717) is 13.0 Å². The minimum atomic E-state index is -0.164. The van der Waals surface area contributed by atoms with Gasteiger partial charge in [-0.2, -0.15) is 0 Å². The standard InChI is InChI=1S/C30H58O3/c1-3-5-7-9-10-11-14-17-20-24-28-33-30(32)27-23-19-16-13-12-15-18-22-26-29(31)25-21-8-6-4-2/h18,22,29,31H,3-17,19-21,23-28H2,1-2H3/b22-18-/t29-/m1/s1. The summed E-state index contributed by atoms with van der Waals surface area (Å²) in [6, 6.07) is 0. The summed E-state index contributed by atoms with van der Waals surface area (Å²) in [5, 5.41) is 9.95. The lowest BCUT2D eigenvalue weighted by atomic mass is 10.1. The van der Waals surface area contributed by atoms with Crippen LogP contribution in [0.2, 0.25) is 0 Å². The third kappa shape index (κ3) is 27.3. The van der Waals surface area contributed by atoms with Crippen LogP contribution in [0.5, 0.6) is 0 Å². The Morgan fingerprint density at radius 1 is 0.667 bits per heavy atom. The highest BCUT2D eigenvalue weighted by molar-refractivity contribution is 5.69. The number of ether oxygens (including phenoxy) is 1. The first-order valence-corrected chi connectivity index (χ1v) is 14.7. The normalized spacial score (nSPS) is 12.5. The summed E-state index contributed by atoms with van der Waals surface area (Å²) in [7, 11) is 0. The van der Waals surface area contributed by atoms with Crippen LogP contribution >= 0.6 is 0 Å². The SMILES string of the molecule is CCCCCCCCCCCCOC(=O)CCCCCCC/C=C\C[C@H](O)CCCCCC. The highest BCUT2D eigenvalue weighted by Crippen LogP contribution is 2.12. The summed E-state index contributed by atoms with van der Waals surface area (Å²) in [5.74, 6) is -0.0119. The summed E-state index contributed by atoms with van der Waals surface area (Å²) < 4.78 is 5.37. The summed E-state index contributed by atoms with van der Waals surface area (Å²) in [5.41, 5.74) is 0. The number of allylic oxidation sites excluding steroid dienone is 1. The molecule has 0 unspecified atom stereocenters. The maximum atomic E-state index is 11.8. The Balaban J connectivity index is 3.28. The van der Waals surface area contributed by atoms with Gasteiger partial charge in [0.25, 0.3) is 0 Å². The van der Waals surface area contributed by atoms with Crippen molar-refractivity contribution in [1.29, 1.82) is 0 Å². The predicted octanol–water partition coefficient (Wildman–Crippen LogP) is 9.46. The zero-order chi connectivity index (χ0) is 24.2. The number of hydrogen-bond acceptors (Lipinski definition) is 3. The van der Waals surface area contributed by atoms with Gasteiger partial charge in [0.05, 0.1) is 12.7 Å². The third-order valence-corrected chi connectivity index (χ3v) is 6.48. The van der Waals surface area contributed by atoms with Crippen LogP contribution in [0.1, 0.15) is 162 Å². The van der Waals surface area contributed by atoms with Crippen molar-refractivity contribution in [2.45, 2.75) is 168 Å². The molecule has 0 aliphatic carbocycles. The molecule has 196 valence electrons. The largest absolute Gasteiger partial charge is 0.466 e. The molecule has 1 N–H and O–H groups in total. The molecule has 0 aliphatic rings. The van der Waals surface area contributed by atoms with Crippen LogP contribution in [0.15, 0.2) is 12.2 Å². The number of unbranched alkanes of at least 4 members (excludes halogenated alkanes) is 17. The maximum absolute atomic E-state index is 11.8. The molecule has 0 aromatic rings. The van der Waals surface area contributed by atoms with E-state index in [4.69, 9.17) is 4.74 Å². The van der Waals surface area contributed by atoms with E-state index in [1.165, 1.54) is 96.3 Å². The zero-order valence-corrected chi connectivity index (χ0v) is 22.5. The average Bonchev–Trinajstić information content (AvgIpc) is 2.81. The molecule has 3 heteroatoms. The van der Waals surface area contributed by atoms with Crippen molar-refractivity contribution < 1.29 is 14.6 Å². The van der Waals surface area contributed by atoms with Gasteiger partial charge in [0.15, 0.2) is 0 Å². The molecule has 1 atom stereocenters. The fourth-order valence-electron chi connectivity index (χ4n) is 4.21. The van der Waals surface area contributed by atoms with Crippen LogP contribution in [-0.4, -0.2) is 23.8 Å². The van der Waals surface area contributed by atoms with Crippen LogP contribution in [0.25, 0.3) is 0 Å². The number of rotatable bonds is 26. The van der Waals surface area contributed by atoms with Crippen LogP contribution in [0.4, 0.5) is 0 Å². The number of hydrogen-bond donors (Lipinski definition) is 1. The molecule has 0 saturated heterocycles. The summed E-state index contributed by atoms with van der Waals surface area (Å²) in [6.07, 6.45) is 31.3. The van der Waals surface area contributed by atoms with E-state index in [-0.39, 0.29) is 12.1 Å². The molecule has 0 aromatic heterocycles. The van der Waals surface area contributed by atoms with Crippen LogP contribution in [0.3, 0.4) is 0 Å². The van der Waals surface area contributed by atoms with E-state index in [9.17, 15) is 9.90 Å². The predicted molar refractivity (Wildman–Crippen MR) is 144 cm³/mol. The van der Waals surface area contributed by atoms with Crippen molar-refractivity contribution in [3.8, 4) is 0 Å². The van der Waals surface area contributed by atoms with Crippen molar-refractivity contribution in [2.24, 2.45) is 0 Å². The average molecular weight is 467 g/mol. The van der Waals surface area contributed by atoms with Gasteiger partial charge in [-0.15, -0.1) is 0 Å². The number of carbonyl (C=O) groups is 1. The minimum absolute atomic E-state index is 0.0119. The van der Waals surface area contributed by atoms with Crippen molar-refractivity contribution in [1.82, 2.24) is 0 Å². The second kappa shape index (κ2) is 27.4. The molecule has 0 amide bonds. The fraction of sp³-hybridized carbons (Fsp3) is 0.900. The van der Waals surface area contributed by atoms with Crippen molar-refractivity contribution >= 4 is 5.97 Å². The Bertz CT molecular complexity index is 419. The van der Waals surface area contributed by atoms with Gasteiger partial charge in [-0.25, -0.2) is 0 Å². The molecule has 0 rings (SSSR count). The molecule has 0 aromatic carbocycles. The number of aliphatic hydroxyl groups excluding tert-OH is 1. The summed E-state index contributed by atoms with van der Waals surface area (Å²) >= 11 is 0. The van der Waals surface area contributed by atoms with E-state index in [2.05, 4.69) is 26.0 Å². The first kappa shape index (κ1) is 32.2. The van der Waals surface area contributed by atoms with Gasteiger partial charge >= 0.3 is 5.97 Å². The van der Waals surface area contributed by atoms with E-state index in [1.807, 2.05) is 0 Å². The van der Waals surface area contributed by atoms with Gasteiger partial charge in [-0.3, -0.25) is 4.79 Å². The Morgan fingerprint density at radius 2 is 1.18 bits per heavy atom. The highest BCUT2D eigenvalue weighted by atomic mass is 16.5. The maximum Gasteiger partial charge on any atom is 0.305 e. The smallest absolute Gasteiger partial charge is 0.305 e. The quantitative estimate of drug-likeness (QED) is 0.0784. The number of aliphatic hydroxyl groups is 1. The highest BCUT2D eigenvalue weighted by Gasteiger charge is 2.03. The Kier molecular flexibility index (Phi) is 26.7. The first-order chi connectivity index (χ1) is 16.2. The molecule has 0 bridgehead atoms. The lowest BCUT2D eigenvalue weighted by molar-refractivity contribution is -0.143. The second-order valence-corrected chi connectivity index (χ2v) is 9.92. The lowest BCUT2D eigenvalue weighted by Crippen LogP contribution is -2.05. The van der Waals surface area contributed by atoms with E-state index in [1.54, 1.807) is 0 Å². The Morgan fingerprint density at radius 3 is 1.82 bits per heavy atom. The zero-order valence-electron chi connectivity index (χ0n) is 22.5. The monoisotopic (exact) mass is 466 g/mol. The lowest BCUT2D eigenvalue weighted by Gasteiger charge is -2.07. The van der Waals surface area contributed by atoms with Gasteiger partial charge in [0.1, 0.15) is 0 Å². The third-order valence-electron chi connectivity index (χ3n) is 6.48. The molecule has 0 radical (unpaired) electrons. The molecule has 0 fully saturated rings. The van der Waals surface area contributed by atoms with Gasteiger partial charge in [-0.05, 0) is 38.5 Å². The summed E-state index contributed by atoms with van der Waals surface area (Å²) in [6.45, 7) is 5.09. The molecular weight excluding hydrogens is 408 g/mol. The van der Waals surface area contributed by atoms with Gasteiger partial charge < -0.3 is 9.84 Å². The Labute approximate surface area is 207 Å². The second-order valence-electron chi connectivity index (χ2n) is 9.92. The number of esters is 1. The van der Waals surface area contributed by atoms with E-state index >= 15 is 0 Å². The van der Waals surface area contributed by atoms with Crippen molar-refractivity contribution in [3.63, 3.8) is 0 Å². The first-order valence-electron chi connectivity index (χ1n) is 14.7. The van der Waals surface area contributed by atoms with Crippen molar-refractivity contribution in [2.75, 3.05) is 6.61 Å². The molecule has 0 aliphatic heterocycles. The van der Waals surface area contributed by atoms with Crippen LogP contribution in [-0.2, 0) is 9.53 Å². The molecular formula is C30H58O3. The van der Waals surface area contributed by atoms with Gasteiger partial charge in [0.2, 0.25) is 0 Å². The summed E-state index contributed by atoms with van der Waals surface area (Å²) in [4.78, 5) is 11.8. The minimum Gasteiger partial charge on any atom is -0.466 e. The van der Waals surface area contributed by atoms with E-state index in [0.717, 1.165) is 44.9 Å². The fourth-order valence-corrected chi connectivity index (χ4v) is 4.21. The molecule has 0 saturated carbocycles. The van der Waals surface area contributed by atoms with Crippen LogP contribution < -0.4 is 0 Å².